The zero-order valence-corrected chi connectivity index (χ0v) is 10.9. The van der Waals surface area contributed by atoms with Gasteiger partial charge in [-0.1, -0.05) is 44.2 Å². The number of rotatable bonds is 3. The molecule has 0 aromatic heterocycles. The molecule has 1 atom stereocenters. The molecule has 3 heteroatoms. The average Bonchev–Trinajstić information content (AvgIpc) is 2.61. The molecule has 3 nitrogen and oxygen atoms in total. The van der Waals surface area contributed by atoms with E-state index in [1.165, 1.54) is 0 Å². The molecular weight excluding hydrogens is 226 g/mol. The van der Waals surface area contributed by atoms with Gasteiger partial charge in [-0.05, 0) is 17.4 Å². The summed E-state index contributed by atoms with van der Waals surface area (Å²) in [5, 5.41) is 2.85. The van der Waals surface area contributed by atoms with E-state index >= 15 is 0 Å². The van der Waals surface area contributed by atoms with Crippen LogP contribution in [-0.4, -0.2) is 11.7 Å². The van der Waals surface area contributed by atoms with Crippen LogP contribution < -0.4 is 5.32 Å². The van der Waals surface area contributed by atoms with E-state index in [0.29, 0.717) is 19.4 Å². The Morgan fingerprint density at radius 2 is 2.00 bits per heavy atom. The van der Waals surface area contributed by atoms with Crippen LogP contribution in [0.5, 0.6) is 0 Å². The van der Waals surface area contributed by atoms with Crippen molar-refractivity contribution in [1.29, 1.82) is 0 Å². The first-order valence-corrected chi connectivity index (χ1v) is 6.32. The molecule has 1 aromatic carbocycles. The van der Waals surface area contributed by atoms with Crippen molar-refractivity contribution < 1.29 is 9.59 Å². The van der Waals surface area contributed by atoms with Gasteiger partial charge >= 0.3 is 0 Å². The van der Waals surface area contributed by atoms with Gasteiger partial charge in [0.25, 0.3) is 0 Å². The Labute approximate surface area is 108 Å². The number of carbonyl (C=O) groups excluding carboxylic acids is 2. The van der Waals surface area contributed by atoms with Gasteiger partial charge in [-0.2, -0.15) is 0 Å². The van der Waals surface area contributed by atoms with Crippen LogP contribution in [0.25, 0.3) is 0 Å². The van der Waals surface area contributed by atoms with E-state index in [0.717, 1.165) is 5.56 Å². The first kappa shape index (κ1) is 12.8. The lowest BCUT2D eigenvalue weighted by molar-refractivity contribution is -0.132. The molecule has 0 saturated heterocycles. The summed E-state index contributed by atoms with van der Waals surface area (Å²) >= 11 is 0. The monoisotopic (exact) mass is 245 g/mol. The molecule has 0 aliphatic heterocycles. The number of benzene rings is 1. The molecule has 0 spiro atoms. The number of ketones is 1. The molecule has 1 aromatic rings. The third-order valence-corrected chi connectivity index (χ3v) is 3.42. The number of Topliss-reactive ketones (excluding diaryl/α,β-unsaturated/α-hetero) is 1. The second-order valence-corrected chi connectivity index (χ2v) is 5.77. The van der Waals surface area contributed by atoms with E-state index in [4.69, 9.17) is 0 Å². The van der Waals surface area contributed by atoms with Gasteiger partial charge in [0, 0.05) is 13.0 Å². The van der Waals surface area contributed by atoms with Crippen molar-refractivity contribution in [2.24, 2.45) is 11.3 Å². The number of hydrogen-bond donors (Lipinski definition) is 1. The normalized spacial score (nSPS) is 21.9. The second kappa shape index (κ2) is 4.92. The summed E-state index contributed by atoms with van der Waals surface area (Å²) in [5.74, 6) is -0.510. The largest absolute Gasteiger partial charge is 0.351 e. The maximum absolute atomic E-state index is 12.0. The maximum atomic E-state index is 12.0. The van der Waals surface area contributed by atoms with E-state index in [-0.39, 0.29) is 17.1 Å². The van der Waals surface area contributed by atoms with Crippen LogP contribution in [0.2, 0.25) is 0 Å². The van der Waals surface area contributed by atoms with Crippen LogP contribution in [0, 0.1) is 11.3 Å². The fraction of sp³-hybridized carbons (Fsp3) is 0.467. The van der Waals surface area contributed by atoms with Crippen molar-refractivity contribution >= 4 is 11.7 Å². The lowest BCUT2D eigenvalue weighted by atomic mass is 9.90. The topological polar surface area (TPSA) is 46.2 Å². The van der Waals surface area contributed by atoms with E-state index in [1.54, 1.807) is 0 Å². The van der Waals surface area contributed by atoms with Crippen LogP contribution in [0.1, 0.15) is 32.3 Å². The van der Waals surface area contributed by atoms with Gasteiger partial charge in [0.15, 0.2) is 0 Å². The molecule has 1 saturated carbocycles. The average molecular weight is 245 g/mol. The first-order valence-electron chi connectivity index (χ1n) is 6.32. The Balaban J connectivity index is 1.91. The third kappa shape index (κ3) is 2.97. The lowest BCUT2D eigenvalue weighted by Crippen LogP contribution is -2.32. The predicted molar refractivity (Wildman–Crippen MR) is 69.8 cm³/mol. The summed E-state index contributed by atoms with van der Waals surface area (Å²) in [7, 11) is 0. The zero-order chi connectivity index (χ0) is 13.2. The minimum atomic E-state index is -0.455. The van der Waals surface area contributed by atoms with Gasteiger partial charge < -0.3 is 5.32 Å². The Hall–Kier alpha value is -1.64. The summed E-state index contributed by atoms with van der Waals surface area (Å²) in [4.78, 5) is 23.8. The molecule has 18 heavy (non-hydrogen) atoms. The highest BCUT2D eigenvalue weighted by molar-refractivity contribution is 6.03. The third-order valence-electron chi connectivity index (χ3n) is 3.42. The minimum absolute atomic E-state index is 0.0359. The van der Waals surface area contributed by atoms with Crippen molar-refractivity contribution in [2.45, 2.75) is 33.2 Å². The van der Waals surface area contributed by atoms with Crippen molar-refractivity contribution in [3.63, 3.8) is 0 Å². The van der Waals surface area contributed by atoms with E-state index in [1.807, 2.05) is 44.2 Å². The van der Waals surface area contributed by atoms with Crippen LogP contribution in [0.15, 0.2) is 30.3 Å². The molecule has 1 N–H and O–H groups in total. The summed E-state index contributed by atoms with van der Waals surface area (Å²) in [5.41, 5.74) is 1.02. The molecular formula is C15H19NO2. The molecule has 0 heterocycles. The summed E-state index contributed by atoms with van der Waals surface area (Å²) < 4.78 is 0. The maximum Gasteiger partial charge on any atom is 0.230 e. The minimum Gasteiger partial charge on any atom is -0.351 e. The fourth-order valence-electron chi connectivity index (χ4n) is 2.48. The van der Waals surface area contributed by atoms with Crippen molar-refractivity contribution in [3.05, 3.63) is 35.9 Å². The number of amides is 1. The van der Waals surface area contributed by atoms with Crippen LogP contribution in [0.3, 0.4) is 0 Å². The number of carbonyl (C=O) groups is 2. The molecule has 1 aliphatic rings. The van der Waals surface area contributed by atoms with Crippen molar-refractivity contribution in [1.82, 2.24) is 5.32 Å². The van der Waals surface area contributed by atoms with Gasteiger partial charge in [0.05, 0.1) is 5.92 Å². The SMILES string of the molecule is CC1(C)CC(=O)C(C(=O)NCc2ccccc2)C1. The van der Waals surface area contributed by atoms with Gasteiger partial charge in [-0.15, -0.1) is 0 Å². The standard InChI is InChI=1S/C15H19NO2/c1-15(2)8-12(13(17)9-15)14(18)16-10-11-6-4-3-5-7-11/h3-7,12H,8-10H2,1-2H3,(H,16,18). The van der Waals surface area contributed by atoms with E-state index in [9.17, 15) is 9.59 Å². The van der Waals surface area contributed by atoms with Crippen molar-refractivity contribution in [2.75, 3.05) is 0 Å². The zero-order valence-electron chi connectivity index (χ0n) is 10.9. The highest BCUT2D eigenvalue weighted by Crippen LogP contribution is 2.38. The van der Waals surface area contributed by atoms with Crippen LogP contribution in [-0.2, 0) is 16.1 Å². The Kier molecular flexibility index (Phi) is 3.50. The van der Waals surface area contributed by atoms with Crippen LogP contribution >= 0.6 is 0 Å². The molecule has 0 radical (unpaired) electrons. The van der Waals surface area contributed by atoms with Gasteiger partial charge in [0.1, 0.15) is 5.78 Å². The van der Waals surface area contributed by atoms with Crippen LogP contribution in [0.4, 0.5) is 0 Å². The van der Waals surface area contributed by atoms with Gasteiger partial charge in [0.2, 0.25) is 5.91 Å². The molecule has 96 valence electrons. The smallest absolute Gasteiger partial charge is 0.230 e. The Bertz CT molecular complexity index is 451. The Morgan fingerprint density at radius 1 is 1.33 bits per heavy atom. The van der Waals surface area contributed by atoms with E-state index in [2.05, 4.69) is 5.32 Å². The molecule has 0 bridgehead atoms. The van der Waals surface area contributed by atoms with Gasteiger partial charge in [-0.3, -0.25) is 9.59 Å². The van der Waals surface area contributed by atoms with E-state index < -0.39 is 5.92 Å². The number of hydrogen-bond acceptors (Lipinski definition) is 2. The Morgan fingerprint density at radius 3 is 2.56 bits per heavy atom. The second-order valence-electron chi connectivity index (χ2n) is 5.77. The van der Waals surface area contributed by atoms with Crippen molar-refractivity contribution in [3.8, 4) is 0 Å². The predicted octanol–water partition coefficient (Wildman–Crippen LogP) is 2.31. The van der Waals surface area contributed by atoms with Gasteiger partial charge in [-0.25, -0.2) is 0 Å². The molecule has 1 aliphatic carbocycles. The highest BCUT2D eigenvalue weighted by atomic mass is 16.2. The molecule has 1 fully saturated rings. The summed E-state index contributed by atoms with van der Waals surface area (Å²) in [6, 6.07) is 9.73. The highest BCUT2D eigenvalue weighted by Gasteiger charge is 2.41. The summed E-state index contributed by atoms with van der Waals surface area (Å²) in [6.45, 7) is 4.56. The number of nitrogens with one attached hydrogen (secondary N) is 1. The first-order chi connectivity index (χ1) is 8.48. The summed E-state index contributed by atoms with van der Waals surface area (Å²) in [6.07, 6.45) is 1.17. The molecule has 2 rings (SSSR count). The molecule has 1 amide bonds. The lowest BCUT2D eigenvalue weighted by Gasteiger charge is -2.15. The quantitative estimate of drug-likeness (QED) is 0.831. The molecule has 1 unspecified atom stereocenters. The fourth-order valence-corrected chi connectivity index (χ4v) is 2.48.